The van der Waals surface area contributed by atoms with Crippen molar-refractivity contribution in [3.8, 4) is 11.5 Å². The minimum Gasteiger partial charge on any atom is -0.508 e. The highest BCUT2D eigenvalue weighted by Crippen LogP contribution is 2.28. The van der Waals surface area contributed by atoms with Crippen LogP contribution in [-0.2, 0) is 4.79 Å². The molecule has 0 saturated carbocycles. The first-order valence-corrected chi connectivity index (χ1v) is 5.99. The van der Waals surface area contributed by atoms with Gasteiger partial charge in [-0.3, -0.25) is 0 Å². The number of hydrogen-bond donors (Lipinski definition) is 2. The standard InChI is InChI=1S/C16H14O4/c1-20-15-10-13(17)8-7-12(15)9-14(16(18)19)11-5-3-2-4-6-11/h2-10,17H,1H3,(H,18,19)/b14-9-. The van der Waals surface area contributed by atoms with Gasteiger partial charge < -0.3 is 14.9 Å². The van der Waals surface area contributed by atoms with Gasteiger partial charge in [0.25, 0.3) is 0 Å². The summed E-state index contributed by atoms with van der Waals surface area (Å²) < 4.78 is 5.15. The lowest BCUT2D eigenvalue weighted by molar-refractivity contribution is -0.130. The minimum atomic E-state index is -1.02. The van der Waals surface area contributed by atoms with Crippen molar-refractivity contribution in [2.24, 2.45) is 0 Å². The molecule has 0 bridgehead atoms. The molecule has 102 valence electrons. The number of phenolic OH excluding ortho intramolecular Hbond substituents is 1. The average Bonchev–Trinajstić information content (AvgIpc) is 2.46. The van der Waals surface area contributed by atoms with Crippen molar-refractivity contribution in [2.75, 3.05) is 7.11 Å². The third kappa shape index (κ3) is 2.98. The Bertz CT molecular complexity index is 645. The number of ether oxygens (including phenoxy) is 1. The summed E-state index contributed by atoms with van der Waals surface area (Å²) in [4.78, 5) is 11.4. The summed E-state index contributed by atoms with van der Waals surface area (Å²) in [5.74, 6) is -0.540. The summed E-state index contributed by atoms with van der Waals surface area (Å²) in [6, 6.07) is 13.4. The molecule has 0 saturated heterocycles. The summed E-state index contributed by atoms with van der Waals surface area (Å²) in [5, 5.41) is 18.8. The van der Waals surface area contributed by atoms with Gasteiger partial charge >= 0.3 is 5.97 Å². The molecule has 2 aromatic carbocycles. The summed E-state index contributed by atoms with van der Waals surface area (Å²) in [6.07, 6.45) is 1.52. The van der Waals surface area contributed by atoms with Gasteiger partial charge in [0.15, 0.2) is 0 Å². The Balaban J connectivity index is 2.53. The third-order valence-corrected chi connectivity index (χ3v) is 2.83. The highest BCUT2D eigenvalue weighted by Gasteiger charge is 2.12. The zero-order chi connectivity index (χ0) is 14.5. The van der Waals surface area contributed by atoms with Crippen LogP contribution < -0.4 is 4.74 Å². The highest BCUT2D eigenvalue weighted by atomic mass is 16.5. The van der Waals surface area contributed by atoms with E-state index in [1.165, 1.54) is 25.3 Å². The Labute approximate surface area is 116 Å². The SMILES string of the molecule is COc1cc(O)ccc1/C=C(\C(=O)O)c1ccccc1. The van der Waals surface area contributed by atoms with Crippen molar-refractivity contribution in [3.05, 3.63) is 59.7 Å². The van der Waals surface area contributed by atoms with Crippen molar-refractivity contribution < 1.29 is 19.7 Å². The molecule has 4 nitrogen and oxygen atoms in total. The van der Waals surface area contributed by atoms with Crippen LogP contribution in [0.15, 0.2) is 48.5 Å². The number of carboxylic acids is 1. The van der Waals surface area contributed by atoms with Gasteiger partial charge in [-0.15, -0.1) is 0 Å². The minimum absolute atomic E-state index is 0.0654. The Morgan fingerprint density at radius 3 is 2.45 bits per heavy atom. The van der Waals surface area contributed by atoms with E-state index in [1.54, 1.807) is 30.3 Å². The first-order valence-electron chi connectivity index (χ1n) is 5.99. The molecule has 0 aliphatic heterocycles. The van der Waals surface area contributed by atoms with Gasteiger partial charge in [0.05, 0.1) is 12.7 Å². The first-order chi connectivity index (χ1) is 9.61. The van der Waals surface area contributed by atoms with E-state index in [-0.39, 0.29) is 11.3 Å². The van der Waals surface area contributed by atoms with Crippen LogP contribution in [0.1, 0.15) is 11.1 Å². The molecular weight excluding hydrogens is 256 g/mol. The van der Waals surface area contributed by atoms with E-state index in [4.69, 9.17) is 4.74 Å². The Morgan fingerprint density at radius 2 is 1.85 bits per heavy atom. The number of hydrogen-bond acceptors (Lipinski definition) is 3. The fourth-order valence-corrected chi connectivity index (χ4v) is 1.86. The van der Waals surface area contributed by atoms with Crippen molar-refractivity contribution in [2.45, 2.75) is 0 Å². The Morgan fingerprint density at radius 1 is 1.15 bits per heavy atom. The lowest BCUT2D eigenvalue weighted by atomic mass is 10.0. The summed E-state index contributed by atoms with van der Waals surface area (Å²) in [7, 11) is 1.47. The van der Waals surface area contributed by atoms with Crippen LogP contribution in [0.5, 0.6) is 11.5 Å². The number of phenols is 1. The van der Waals surface area contributed by atoms with Crippen molar-refractivity contribution in [1.29, 1.82) is 0 Å². The molecule has 0 aromatic heterocycles. The lowest BCUT2D eigenvalue weighted by Gasteiger charge is -2.07. The normalized spacial score (nSPS) is 11.2. The van der Waals surface area contributed by atoms with E-state index >= 15 is 0 Å². The van der Waals surface area contributed by atoms with Gasteiger partial charge in [-0.2, -0.15) is 0 Å². The maximum Gasteiger partial charge on any atom is 0.336 e. The molecule has 0 fully saturated rings. The molecule has 0 heterocycles. The number of methoxy groups -OCH3 is 1. The molecule has 4 heteroatoms. The third-order valence-electron chi connectivity index (χ3n) is 2.83. The lowest BCUT2D eigenvalue weighted by Crippen LogP contribution is -1.99. The van der Waals surface area contributed by atoms with E-state index in [2.05, 4.69) is 0 Å². The quantitative estimate of drug-likeness (QED) is 0.662. The summed E-state index contributed by atoms with van der Waals surface area (Å²) in [5.41, 5.74) is 1.36. The molecule has 2 aromatic rings. The molecule has 0 aliphatic carbocycles. The number of carboxylic acid groups (broad SMARTS) is 1. The molecule has 0 radical (unpaired) electrons. The molecule has 2 N–H and O–H groups in total. The topological polar surface area (TPSA) is 66.8 Å². The molecule has 0 unspecified atom stereocenters. The fourth-order valence-electron chi connectivity index (χ4n) is 1.86. The molecule has 0 amide bonds. The second kappa shape index (κ2) is 5.93. The molecule has 0 aliphatic rings. The summed E-state index contributed by atoms with van der Waals surface area (Å²) >= 11 is 0. The Hall–Kier alpha value is -2.75. The first kappa shape index (κ1) is 13.7. The number of rotatable bonds is 4. The van der Waals surface area contributed by atoms with Gasteiger partial charge in [-0.1, -0.05) is 30.3 Å². The largest absolute Gasteiger partial charge is 0.508 e. The van der Waals surface area contributed by atoms with E-state index in [0.29, 0.717) is 16.9 Å². The van der Waals surface area contributed by atoms with Crippen LogP contribution in [0.2, 0.25) is 0 Å². The van der Waals surface area contributed by atoms with Crippen LogP contribution in [0, 0.1) is 0 Å². The van der Waals surface area contributed by atoms with Crippen molar-refractivity contribution >= 4 is 17.6 Å². The van der Waals surface area contributed by atoms with Crippen LogP contribution in [0.3, 0.4) is 0 Å². The summed E-state index contributed by atoms with van der Waals surface area (Å²) in [6.45, 7) is 0. The predicted molar refractivity (Wildman–Crippen MR) is 76.6 cm³/mol. The van der Waals surface area contributed by atoms with E-state index in [0.717, 1.165) is 0 Å². The number of aromatic hydroxyl groups is 1. The van der Waals surface area contributed by atoms with Gasteiger partial charge in [0.1, 0.15) is 11.5 Å². The zero-order valence-corrected chi connectivity index (χ0v) is 10.9. The van der Waals surface area contributed by atoms with Crippen LogP contribution in [-0.4, -0.2) is 23.3 Å². The maximum atomic E-state index is 11.4. The Kier molecular flexibility index (Phi) is 4.05. The average molecular weight is 270 g/mol. The van der Waals surface area contributed by atoms with E-state index < -0.39 is 5.97 Å². The molecule has 20 heavy (non-hydrogen) atoms. The number of benzene rings is 2. The van der Waals surface area contributed by atoms with Gasteiger partial charge in [-0.05, 0) is 23.8 Å². The maximum absolute atomic E-state index is 11.4. The van der Waals surface area contributed by atoms with Gasteiger partial charge in [0, 0.05) is 11.6 Å². The predicted octanol–water partition coefficient (Wildman–Crippen LogP) is 3.03. The number of aliphatic carboxylic acids is 1. The molecule has 2 rings (SSSR count). The monoisotopic (exact) mass is 270 g/mol. The van der Waals surface area contributed by atoms with Crippen LogP contribution in [0.4, 0.5) is 0 Å². The fraction of sp³-hybridized carbons (Fsp3) is 0.0625. The zero-order valence-electron chi connectivity index (χ0n) is 10.9. The van der Waals surface area contributed by atoms with E-state index in [9.17, 15) is 15.0 Å². The second-order valence-corrected chi connectivity index (χ2v) is 4.16. The molecular formula is C16H14O4. The van der Waals surface area contributed by atoms with Gasteiger partial charge in [0.2, 0.25) is 0 Å². The van der Waals surface area contributed by atoms with Crippen molar-refractivity contribution in [3.63, 3.8) is 0 Å². The second-order valence-electron chi connectivity index (χ2n) is 4.16. The molecule has 0 spiro atoms. The van der Waals surface area contributed by atoms with Crippen molar-refractivity contribution in [1.82, 2.24) is 0 Å². The van der Waals surface area contributed by atoms with Crippen LogP contribution >= 0.6 is 0 Å². The smallest absolute Gasteiger partial charge is 0.336 e. The number of carbonyl (C=O) groups is 1. The van der Waals surface area contributed by atoms with Gasteiger partial charge in [-0.25, -0.2) is 4.79 Å². The molecule has 0 atom stereocenters. The highest BCUT2D eigenvalue weighted by molar-refractivity contribution is 6.20. The van der Waals surface area contributed by atoms with E-state index in [1.807, 2.05) is 6.07 Å². The van der Waals surface area contributed by atoms with Crippen LogP contribution in [0.25, 0.3) is 11.6 Å².